The molecule has 1 aromatic carbocycles. The number of amides is 3. The Hall–Kier alpha value is -3.36. The van der Waals surface area contributed by atoms with E-state index >= 15 is 0 Å². The van der Waals surface area contributed by atoms with E-state index in [0.717, 1.165) is 29.5 Å². The molecule has 3 N–H and O–H groups in total. The van der Waals surface area contributed by atoms with Gasteiger partial charge in [0.15, 0.2) is 0 Å². The summed E-state index contributed by atoms with van der Waals surface area (Å²) in [5.41, 5.74) is -0.273. The number of nitrogens with zero attached hydrogens (tertiary/aromatic N) is 2. The molecule has 3 heterocycles. The number of benzene rings is 1. The maximum Gasteiger partial charge on any atom is 0.255 e. The minimum absolute atomic E-state index is 0.0160. The number of piperidine rings is 3. The smallest absolute Gasteiger partial charge is 0.255 e. The highest BCUT2D eigenvalue weighted by molar-refractivity contribution is 5.92. The highest BCUT2D eigenvalue weighted by Gasteiger charge is 2.60. The third kappa shape index (κ3) is 5.50. The van der Waals surface area contributed by atoms with E-state index in [9.17, 15) is 37.2 Å². The van der Waals surface area contributed by atoms with E-state index in [1.165, 1.54) is 6.92 Å². The Morgan fingerprint density at radius 3 is 2.70 bits per heavy atom. The number of alkyl halides is 2. The van der Waals surface area contributed by atoms with Crippen LogP contribution in [0.3, 0.4) is 0 Å². The van der Waals surface area contributed by atoms with Gasteiger partial charge in [-0.25, -0.2) is 17.6 Å². The quantitative estimate of drug-likeness (QED) is 0.476. The predicted octanol–water partition coefficient (Wildman–Crippen LogP) is 2.70. The van der Waals surface area contributed by atoms with Crippen molar-refractivity contribution in [2.24, 2.45) is 11.8 Å². The molecule has 6 atom stereocenters. The van der Waals surface area contributed by atoms with Crippen LogP contribution in [0.25, 0.3) is 0 Å². The fourth-order valence-electron chi connectivity index (χ4n) is 5.70. The number of hydrogen-bond donors (Lipinski definition) is 3. The summed E-state index contributed by atoms with van der Waals surface area (Å²) in [7, 11) is 0. The number of carbonyl (C=O) groups is 3. The monoisotopic (exact) mass is 523 g/mol. The average molecular weight is 524 g/mol. The van der Waals surface area contributed by atoms with Gasteiger partial charge in [-0.2, -0.15) is 5.26 Å². The largest absolute Gasteiger partial charge is 0.371 e. The van der Waals surface area contributed by atoms with Crippen LogP contribution in [-0.4, -0.2) is 59.3 Å². The molecule has 2 bridgehead atoms. The molecule has 3 saturated heterocycles. The van der Waals surface area contributed by atoms with E-state index in [2.05, 4.69) is 16.0 Å². The molecule has 37 heavy (non-hydrogen) atoms. The molecule has 1 saturated carbocycles. The van der Waals surface area contributed by atoms with E-state index in [1.54, 1.807) is 0 Å². The molecule has 12 heteroatoms. The number of carbonyl (C=O) groups excluding carboxylic acids is 3. The fraction of sp³-hybridized carbons (Fsp3) is 0.600. The minimum atomic E-state index is -3.20. The normalized spacial score (nSPS) is 28.0. The van der Waals surface area contributed by atoms with Gasteiger partial charge >= 0.3 is 0 Å². The van der Waals surface area contributed by atoms with Crippen LogP contribution in [0, 0.1) is 34.8 Å². The molecule has 1 aliphatic carbocycles. The molecular weight excluding hydrogens is 494 g/mol. The average Bonchev–Trinajstić information content (AvgIpc) is 2.85. The van der Waals surface area contributed by atoms with Gasteiger partial charge in [-0.05, 0) is 57.2 Å². The first-order valence-corrected chi connectivity index (χ1v) is 12.4. The summed E-state index contributed by atoms with van der Waals surface area (Å²) < 4.78 is 57.5. The van der Waals surface area contributed by atoms with Crippen LogP contribution >= 0.6 is 0 Å². The third-order valence-electron chi connectivity index (χ3n) is 7.52. The lowest BCUT2D eigenvalue weighted by Crippen LogP contribution is -2.70. The molecule has 1 aromatic rings. The number of hydrogen-bond acceptors (Lipinski definition) is 5. The first-order valence-electron chi connectivity index (χ1n) is 12.4. The number of fused-ring (bicyclic) bond motifs is 3. The Bertz CT molecular complexity index is 1110. The van der Waals surface area contributed by atoms with Crippen LogP contribution in [0.5, 0.6) is 0 Å². The van der Waals surface area contributed by atoms with E-state index in [0.29, 0.717) is 13.0 Å². The Balaban J connectivity index is 1.54. The second-order valence-electron chi connectivity index (χ2n) is 10.0. The summed E-state index contributed by atoms with van der Waals surface area (Å²) in [4.78, 5) is 40.0. The Morgan fingerprint density at radius 2 is 2.03 bits per heavy atom. The van der Waals surface area contributed by atoms with Gasteiger partial charge in [0, 0.05) is 24.9 Å². The summed E-state index contributed by atoms with van der Waals surface area (Å²) in [6.07, 6.45) is 0.952. The Kier molecular flexibility index (Phi) is 7.62. The third-order valence-corrected chi connectivity index (χ3v) is 7.52. The highest BCUT2D eigenvalue weighted by atomic mass is 19.3. The fourth-order valence-corrected chi connectivity index (χ4v) is 5.70. The van der Waals surface area contributed by atoms with Crippen molar-refractivity contribution in [1.29, 1.82) is 5.26 Å². The number of nitrogens with one attached hydrogen (secondary N) is 3. The van der Waals surface area contributed by atoms with Gasteiger partial charge in [-0.15, -0.1) is 0 Å². The molecule has 0 radical (unpaired) electrons. The Morgan fingerprint density at radius 1 is 1.27 bits per heavy atom. The number of nitriles is 1. The summed E-state index contributed by atoms with van der Waals surface area (Å²) in [6.45, 7) is 1.91. The molecule has 5 rings (SSSR count). The zero-order valence-electron chi connectivity index (χ0n) is 20.3. The van der Waals surface area contributed by atoms with Crippen molar-refractivity contribution in [3.05, 3.63) is 29.8 Å². The first-order chi connectivity index (χ1) is 17.5. The second-order valence-corrected chi connectivity index (χ2v) is 10.0. The molecule has 8 nitrogen and oxygen atoms in total. The molecule has 200 valence electrons. The summed E-state index contributed by atoms with van der Waals surface area (Å²) >= 11 is 0. The van der Waals surface area contributed by atoms with Crippen LogP contribution in [-0.2, 0) is 14.4 Å². The predicted molar refractivity (Wildman–Crippen MR) is 124 cm³/mol. The van der Waals surface area contributed by atoms with Gasteiger partial charge in [0.2, 0.25) is 17.7 Å². The van der Waals surface area contributed by atoms with Crippen LogP contribution in [0.4, 0.5) is 23.2 Å². The second kappa shape index (κ2) is 10.6. The molecule has 4 aliphatic rings. The Labute approximate surface area is 211 Å². The van der Waals surface area contributed by atoms with E-state index < -0.39 is 71.8 Å². The number of anilines is 1. The summed E-state index contributed by atoms with van der Waals surface area (Å²) in [5.74, 6) is -8.52. The number of halogens is 4. The van der Waals surface area contributed by atoms with Crippen molar-refractivity contribution < 1.29 is 31.9 Å². The minimum Gasteiger partial charge on any atom is -0.371 e. The van der Waals surface area contributed by atoms with Gasteiger partial charge < -0.3 is 20.9 Å². The van der Waals surface area contributed by atoms with Gasteiger partial charge in [0.05, 0.1) is 17.7 Å². The van der Waals surface area contributed by atoms with Crippen LogP contribution in [0.2, 0.25) is 0 Å². The molecule has 3 aliphatic heterocycles. The van der Waals surface area contributed by atoms with E-state index in [1.807, 2.05) is 6.07 Å². The van der Waals surface area contributed by atoms with Crippen molar-refractivity contribution in [3.63, 3.8) is 0 Å². The van der Waals surface area contributed by atoms with Crippen molar-refractivity contribution in [2.45, 2.75) is 75.5 Å². The number of rotatable bonds is 7. The maximum atomic E-state index is 14.9. The standard InChI is InChI=1S/C25H29F4N5O3/c1-13(32-20-10-15(26)4-7-19(20)27)24(37)34-17-5-6-18(25(28,29)11-17)21(34)23(36)33-16(12-30)9-14-3-2-8-31-22(14)35/h4,7,10,13-14,16-18,21,32H,2-3,5-6,8-9,11H2,1H3,(H,31,35)(H,33,36)/t13-,14-,16+,17-,18-,21-/m0/s1. The lowest BCUT2D eigenvalue weighted by molar-refractivity contribution is -0.194. The van der Waals surface area contributed by atoms with Gasteiger partial charge in [-0.1, -0.05) is 0 Å². The van der Waals surface area contributed by atoms with E-state index in [-0.39, 0.29) is 30.9 Å². The lowest BCUT2D eigenvalue weighted by atomic mass is 9.71. The van der Waals surface area contributed by atoms with E-state index in [4.69, 9.17) is 0 Å². The summed E-state index contributed by atoms with van der Waals surface area (Å²) in [5, 5.41) is 17.4. The molecule has 0 unspecified atom stereocenters. The molecule has 0 spiro atoms. The van der Waals surface area contributed by atoms with Gasteiger partial charge in [0.25, 0.3) is 5.92 Å². The summed E-state index contributed by atoms with van der Waals surface area (Å²) in [6, 6.07) is -0.139. The van der Waals surface area contributed by atoms with Gasteiger partial charge in [0.1, 0.15) is 29.8 Å². The van der Waals surface area contributed by atoms with Crippen LogP contribution < -0.4 is 16.0 Å². The van der Waals surface area contributed by atoms with Crippen LogP contribution in [0.1, 0.15) is 45.4 Å². The molecule has 3 amide bonds. The zero-order chi connectivity index (χ0) is 26.9. The maximum absolute atomic E-state index is 14.9. The molecular formula is C25H29F4N5O3. The van der Waals surface area contributed by atoms with Crippen LogP contribution in [0.15, 0.2) is 18.2 Å². The molecule has 0 aromatic heterocycles. The SMILES string of the molecule is C[C@H](Nc1cc(F)ccc1F)C(=O)N1[C@H]2CC[C@@H]([C@H]1C(=O)N[C@@H](C#N)C[C@@H]1CCCNC1=O)C(F)(F)C2. The van der Waals surface area contributed by atoms with Gasteiger partial charge in [-0.3, -0.25) is 14.4 Å². The highest BCUT2D eigenvalue weighted by Crippen LogP contribution is 2.49. The van der Waals surface area contributed by atoms with Crippen molar-refractivity contribution >= 4 is 23.4 Å². The van der Waals surface area contributed by atoms with Crippen molar-refractivity contribution in [1.82, 2.24) is 15.5 Å². The zero-order valence-corrected chi connectivity index (χ0v) is 20.3. The first kappa shape index (κ1) is 26.7. The van der Waals surface area contributed by atoms with Crippen molar-refractivity contribution in [2.75, 3.05) is 11.9 Å². The van der Waals surface area contributed by atoms with Crippen molar-refractivity contribution in [3.8, 4) is 6.07 Å². The molecule has 4 fully saturated rings. The lowest BCUT2D eigenvalue weighted by Gasteiger charge is -2.54. The topological polar surface area (TPSA) is 114 Å².